The predicted molar refractivity (Wildman–Crippen MR) is 92.2 cm³/mol. The highest BCUT2D eigenvalue weighted by atomic mass is 35.5. The van der Waals surface area contributed by atoms with Crippen LogP contribution in [0.2, 0.25) is 5.02 Å². The first-order chi connectivity index (χ1) is 11.4. The molecule has 0 fully saturated rings. The van der Waals surface area contributed by atoms with Crippen LogP contribution in [0.25, 0.3) is 11.0 Å². The van der Waals surface area contributed by atoms with Gasteiger partial charge in [0, 0.05) is 10.6 Å². The van der Waals surface area contributed by atoms with Crippen molar-refractivity contribution in [1.29, 1.82) is 0 Å². The molecule has 0 radical (unpaired) electrons. The van der Waals surface area contributed by atoms with Gasteiger partial charge in [0.15, 0.2) is 5.82 Å². The Morgan fingerprint density at radius 2 is 1.96 bits per heavy atom. The van der Waals surface area contributed by atoms with Crippen molar-refractivity contribution in [2.45, 2.75) is 25.8 Å². The number of rotatable bonds is 1. The van der Waals surface area contributed by atoms with E-state index in [4.69, 9.17) is 16.6 Å². The van der Waals surface area contributed by atoms with Gasteiger partial charge in [-0.2, -0.15) is 0 Å². The standard InChI is InChI=1S/C18H14ClFN4/c1-18(2)9-10-8-11(19)6-7-12(10)15(22-18)17-21-14-5-3-4-13(20)16(14)23-24-17/h3-8H,9H2,1-2H3. The van der Waals surface area contributed by atoms with Gasteiger partial charge < -0.3 is 0 Å². The first-order valence-electron chi connectivity index (χ1n) is 7.61. The molecule has 0 spiro atoms. The maximum Gasteiger partial charge on any atom is 0.201 e. The van der Waals surface area contributed by atoms with E-state index >= 15 is 0 Å². The van der Waals surface area contributed by atoms with Gasteiger partial charge in [0.1, 0.15) is 11.2 Å². The Labute approximate surface area is 143 Å². The molecule has 0 amide bonds. The molecule has 4 nitrogen and oxygen atoms in total. The lowest BCUT2D eigenvalue weighted by atomic mass is 9.86. The Morgan fingerprint density at radius 1 is 1.12 bits per heavy atom. The lowest BCUT2D eigenvalue weighted by Crippen LogP contribution is -2.30. The van der Waals surface area contributed by atoms with Crippen LogP contribution in [-0.2, 0) is 6.42 Å². The zero-order valence-electron chi connectivity index (χ0n) is 13.2. The molecular weight excluding hydrogens is 327 g/mol. The van der Waals surface area contributed by atoms with Crippen LogP contribution in [-0.4, -0.2) is 26.4 Å². The summed E-state index contributed by atoms with van der Waals surface area (Å²) in [7, 11) is 0. The van der Waals surface area contributed by atoms with Crippen molar-refractivity contribution in [2.75, 3.05) is 0 Å². The van der Waals surface area contributed by atoms with Crippen molar-refractivity contribution in [3.05, 3.63) is 64.2 Å². The lowest BCUT2D eigenvalue weighted by Gasteiger charge is -2.28. The molecule has 0 atom stereocenters. The maximum atomic E-state index is 13.8. The number of nitrogens with zero attached hydrogens (tertiary/aromatic N) is 4. The number of aliphatic imine (C=N–C) groups is 1. The smallest absolute Gasteiger partial charge is 0.201 e. The van der Waals surface area contributed by atoms with Gasteiger partial charge >= 0.3 is 0 Å². The summed E-state index contributed by atoms with van der Waals surface area (Å²) < 4.78 is 13.8. The Morgan fingerprint density at radius 3 is 2.79 bits per heavy atom. The third-order valence-electron chi connectivity index (χ3n) is 4.01. The van der Waals surface area contributed by atoms with Crippen molar-refractivity contribution in [2.24, 2.45) is 4.99 Å². The van der Waals surface area contributed by atoms with Gasteiger partial charge in [-0.25, -0.2) is 9.37 Å². The lowest BCUT2D eigenvalue weighted by molar-refractivity contribution is 0.513. The fourth-order valence-electron chi connectivity index (χ4n) is 3.01. The summed E-state index contributed by atoms with van der Waals surface area (Å²) in [5, 5.41) is 8.80. The molecule has 2 heterocycles. The third-order valence-corrected chi connectivity index (χ3v) is 4.24. The second-order valence-electron chi connectivity index (χ2n) is 6.49. The Bertz CT molecular complexity index is 997. The minimum atomic E-state index is -0.433. The van der Waals surface area contributed by atoms with Crippen molar-refractivity contribution in [3.8, 4) is 0 Å². The van der Waals surface area contributed by atoms with E-state index in [9.17, 15) is 4.39 Å². The van der Waals surface area contributed by atoms with Crippen LogP contribution in [0.4, 0.5) is 4.39 Å². The molecule has 1 aromatic heterocycles. The van der Waals surface area contributed by atoms with Crippen molar-refractivity contribution >= 4 is 28.3 Å². The zero-order chi connectivity index (χ0) is 16.9. The Balaban J connectivity index is 1.93. The maximum absolute atomic E-state index is 13.8. The first-order valence-corrected chi connectivity index (χ1v) is 7.99. The zero-order valence-corrected chi connectivity index (χ0v) is 14.0. The monoisotopic (exact) mass is 340 g/mol. The second kappa shape index (κ2) is 5.31. The van der Waals surface area contributed by atoms with E-state index in [0.29, 0.717) is 22.1 Å². The summed E-state index contributed by atoms with van der Waals surface area (Å²) in [5.74, 6) is -0.0402. The number of aromatic nitrogens is 3. The predicted octanol–water partition coefficient (Wildman–Crippen LogP) is 3.99. The first kappa shape index (κ1) is 15.1. The number of fused-ring (bicyclic) bond motifs is 2. The van der Waals surface area contributed by atoms with Crippen LogP contribution < -0.4 is 0 Å². The van der Waals surface area contributed by atoms with E-state index in [1.54, 1.807) is 12.1 Å². The fraction of sp³-hybridized carbons (Fsp3) is 0.222. The molecule has 0 aliphatic carbocycles. The molecule has 4 rings (SSSR count). The number of hydrogen-bond acceptors (Lipinski definition) is 4. The highest BCUT2D eigenvalue weighted by Gasteiger charge is 2.29. The average molecular weight is 341 g/mol. The summed E-state index contributed by atoms with van der Waals surface area (Å²) >= 11 is 6.13. The molecule has 0 N–H and O–H groups in total. The van der Waals surface area contributed by atoms with Gasteiger partial charge in [0.2, 0.25) is 5.82 Å². The highest BCUT2D eigenvalue weighted by molar-refractivity contribution is 6.31. The molecule has 0 unspecified atom stereocenters. The van der Waals surface area contributed by atoms with Gasteiger partial charge in [-0.3, -0.25) is 4.99 Å². The van der Waals surface area contributed by atoms with Crippen molar-refractivity contribution in [1.82, 2.24) is 15.2 Å². The minimum Gasteiger partial charge on any atom is -0.274 e. The summed E-state index contributed by atoms with van der Waals surface area (Å²) in [4.78, 5) is 9.27. The van der Waals surface area contributed by atoms with Gasteiger partial charge in [-0.15, -0.1) is 10.2 Å². The van der Waals surface area contributed by atoms with Crippen molar-refractivity contribution < 1.29 is 4.39 Å². The van der Waals surface area contributed by atoms with E-state index in [0.717, 1.165) is 17.5 Å². The molecule has 3 aromatic rings. The number of halogens is 2. The van der Waals surface area contributed by atoms with Crippen LogP contribution in [0.3, 0.4) is 0 Å². The Kier molecular flexibility index (Phi) is 3.35. The summed E-state index contributed by atoms with van der Waals surface area (Å²) in [5.41, 5.74) is 3.02. The molecule has 1 aliphatic heterocycles. The molecule has 24 heavy (non-hydrogen) atoms. The highest BCUT2D eigenvalue weighted by Crippen LogP contribution is 2.30. The largest absolute Gasteiger partial charge is 0.274 e. The van der Waals surface area contributed by atoms with E-state index in [-0.39, 0.29) is 11.1 Å². The van der Waals surface area contributed by atoms with E-state index in [1.165, 1.54) is 6.07 Å². The summed E-state index contributed by atoms with van der Waals surface area (Å²) in [6.07, 6.45) is 0.780. The van der Waals surface area contributed by atoms with Gasteiger partial charge in [-0.05, 0) is 50.1 Å². The molecule has 0 saturated carbocycles. The van der Waals surface area contributed by atoms with E-state index in [1.807, 2.05) is 32.0 Å². The SMILES string of the molecule is CC1(C)Cc2cc(Cl)ccc2C(c2nnc3c(F)cccc3n2)=N1. The quantitative estimate of drug-likeness (QED) is 0.673. The number of hydrogen-bond donors (Lipinski definition) is 0. The van der Waals surface area contributed by atoms with Gasteiger partial charge in [0.25, 0.3) is 0 Å². The van der Waals surface area contributed by atoms with Crippen LogP contribution in [0, 0.1) is 5.82 Å². The van der Waals surface area contributed by atoms with E-state index < -0.39 is 5.82 Å². The van der Waals surface area contributed by atoms with Crippen LogP contribution in [0.15, 0.2) is 41.4 Å². The molecule has 2 aromatic carbocycles. The van der Waals surface area contributed by atoms with Crippen LogP contribution in [0.1, 0.15) is 30.8 Å². The van der Waals surface area contributed by atoms with Crippen LogP contribution >= 0.6 is 11.6 Å². The third kappa shape index (κ3) is 2.55. The molecule has 0 saturated heterocycles. The normalized spacial score (nSPS) is 15.9. The average Bonchev–Trinajstić information content (AvgIpc) is 2.52. The minimum absolute atomic E-state index is 0.160. The molecule has 120 valence electrons. The molecular formula is C18H14ClFN4. The summed E-state index contributed by atoms with van der Waals surface area (Å²) in [6.45, 7) is 4.09. The van der Waals surface area contributed by atoms with Crippen LogP contribution in [0.5, 0.6) is 0 Å². The van der Waals surface area contributed by atoms with Gasteiger partial charge in [-0.1, -0.05) is 23.7 Å². The topological polar surface area (TPSA) is 51.0 Å². The van der Waals surface area contributed by atoms with Gasteiger partial charge in [0.05, 0.1) is 11.1 Å². The number of benzene rings is 2. The molecule has 1 aliphatic rings. The fourth-order valence-corrected chi connectivity index (χ4v) is 3.20. The summed E-state index contributed by atoms with van der Waals surface area (Å²) in [6, 6.07) is 10.4. The molecule has 0 bridgehead atoms. The second-order valence-corrected chi connectivity index (χ2v) is 6.93. The van der Waals surface area contributed by atoms with E-state index in [2.05, 4.69) is 15.2 Å². The molecule has 6 heteroatoms. The van der Waals surface area contributed by atoms with Crippen molar-refractivity contribution in [3.63, 3.8) is 0 Å². The Hall–Kier alpha value is -2.40.